The summed E-state index contributed by atoms with van der Waals surface area (Å²) in [6.45, 7) is 9.16. The number of aromatic nitrogens is 3. The lowest BCUT2D eigenvalue weighted by Crippen LogP contribution is -2.41. The fourth-order valence-corrected chi connectivity index (χ4v) is 8.76. The standard InChI is InChI=1S/C20H28N4O2S/c1-13(2)24-18-15(10-22-24)7-14(9-21-18)11-23-17-8-16-5-6-20(17,19(16,3)4)12-27(23,25)26/h7,9-10,13,16-17H,5-6,8,11-12H2,1-4H3/t16-,17-,20-/m1/s1. The van der Waals surface area contributed by atoms with Crippen LogP contribution >= 0.6 is 0 Å². The Balaban J connectivity index is 1.50. The molecule has 0 unspecified atom stereocenters. The Morgan fingerprint density at radius 3 is 2.78 bits per heavy atom. The van der Waals surface area contributed by atoms with E-state index < -0.39 is 10.0 Å². The van der Waals surface area contributed by atoms with Gasteiger partial charge in [-0.25, -0.2) is 18.1 Å². The second kappa shape index (κ2) is 5.32. The molecule has 3 fully saturated rings. The molecule has 7 heteroatoms. The van der Waals surface area contributed by atoms with Gasteiger partial charge in [-0.15, -0.1) is 0 Å². The van der Waals surface area contributed by atoms with Crippen molar-refractivity contribution in [1.29, 1.82) is 0 Å². The van der Waals surface area contributed by atoms with Crippen molar-refractivity contribution in [3.8, 4) is 0 Å². The summed E-state index contributed by atoms with van der Waals surface area (Å²) in [7, 11) is -3.24. The second-order valence-electron chi connectivity index (χ2n) is 9.61. The lowest BCUT2D eigenvalue weighted by Gasteiger charge is -2.37. The number of hydrogen-bond donors (Lipinski definition) is 0. The molecule has 2 bridgehead atoms. The third kappa shape index (κ3) is 2.18. The maximum Gasteiger partial charge on any atom is 0.215 e. The first-order chi connectivity index (χ1) is 12.7. The van der Waals surface area contributed by atoms with Crippen LogP contribution in [0.5, 0.6) is 0 Å². The van der Waals surface area contributed by atoms with Crippen molar-refractivity contribution in [1.82, 2.24) is 19.1 Å². The summed E-state index contributed by atoms with van der Waals surface area (Å²) in [5.41, 5.74) is 1.85. The van der Waals surface area contributed by atoms with Crippen molar-refractivity contribution in [2.45, 2.75) is 65.6 Å². The van der Waals surface area contributed by atoms with Crippen LogP contribution in [0.3, 0.4) is 0 Å². The summed E-state index contributed by atoms with van der Waals surface area (Å²) in [5.74, 6) is 0.958. The van der Waals surface area contributed by atoms with Crippen molar-refractivity contribution >= 4 is 21.1 Å². The van der Waals surface area contributed by atoms with Crippen LogP contribution in [0.25, 0.3) is 11.0 Å². The Labute approximate surface area is 161 Å². The Bertz CT molecular complexity index is 1030. The SMILES string of the molecule is CC(C)n1ncc2cc(CN3[C@@H]4C[C@H]5CC[C@]4(CS3(=O)=O)C5(C)C)cnc21. The first-order valence-corrected chi connectivity index (χ1v) is 11.6. The molecule has 0 radical (unpaired) electrons. The van der Waals surface area contributed by atoms with Gasteiger partial charge in [-0.2, -0.15) is 9.40 Å². The van der Waals surface area contributed by atoms with Gasteiger partial charge < -0.3 is 0 Å². The lowest BCUT2D eigenvalue weighted by molar-refractivity contribution is 0.112. The van der Waals surface area contributed by atoms with Crippen LogP contribution in [0.2, 0.25) is 0 Å². The number of sulfonamides is 1. The molecule has 3 atom stereocenters. The number of nitrogens with zero attached hydrogens (tertiary/aromatic N) is 4. The fraction of sp³-hybridized carbons (Fsp3) is 0.700. The van der Waals surface area contributed by atoms with E-state index in [9.17, 15) is 8.42 Å². The van der Waals surface area contributed by atoms with Gasteiger partial charge in [0.15, 0.2) is 5.65 Å². The molecule has 3 heterocycles. The minimum Gasteiger partial charge on any atom is -0.245 e. The molecular formula is C20H28N4O2S. The van der Waals surface area contributed by atoms with Crippen LogP contribution in [-0.2, 0) is 16.6 Å². The average Bonchev–Trinajstić information content (AvgIpc) is 3.23. The number of rotatable bonds is 3. The van der Waals surface area contributed by atoms with Crippen LogP contribution < -0.4 is 0 Å². The zero-order chi connectivity index (χ0) is 19.2. The molecule has 0 aromatic carbocycles. The van der Waals surface area contributed by atoms with Gasteiger partial charge in [0.05, 0.1) is 11.9 Å². The molecule has 0 N–H and O–H groups in total. The quantitative estimate of drug-likeness (QED) is 0.809. The van der Waals surface area contributed by atoms with Gasteiger partial charge in [0, 0.05) is 35.6 Å². The topological polar surface area (TPSA) is 68.1 Å². The van der Waals surface area contributed by atoms with E-state index in [1.807, 2.05) is 23.1 Å². The highest BCUT2D eigenvalue weighted by Gasteiger charge is 2.71. The highest BCUT2D eigenvalue weighted by atomic mass is 32.2. The zero-order valence-corrected chi connectivity index (χ0v) is 17.3. The Morgan fingerprint density at radius 2 is 2.07 bits per heavy atom. The zero-order valence-electron chi connectivity index (χ0n) is 16.5. The summed E-state index contributed by atoms with van der Waals surface area (Å²) in [4.78, 5) is 4.59. The van der Waals surface area contributed by atoms with E-state index in [2.05, 4.69) is 37.8 Å². The molecule has 2 saturated carbocycles. The van der Waals surface area contributed by atoms with E-state index in [0.717, 1.165) is 29.4 Å². The van der Waals surface area contributed by atoms with Crippen LogP contribution in [-0.4, -0.2) is 39.3 Å². The minimum atomic E-state index is -3.24. The van der Waals surface area contributed by atoms with E-state index in [0.29, 0.717) is 18.2 Å². The van der Waals surface area contributed by atoms with E-state index in [1.54, 1.807) is 4.31 Å². The lowest BCUT2D eigenvalue weighted by atomic mass is 9.69. The van der Waals surface area contributed by atoms with E-state index in [4.69, 9.17) is 0 Å². The van der Waals surface area contributed by atoms with Crippen molar-refractivity contribution in [3.05, 3.63) is 24.0 Å². The van der Waals surface area contributed by atoms with E-state index >= 15 is 0 Å². The van der Waals surface area contributed by atoms with Gasteiger partial charge in [0.25, 0.3) is 0 Å². The molecule has 2 aliphatic carbocycles. The van der Waals surface area contributed by atoms with E-state index in [-0.39, 0.29) is 22.9 Å². The predicted octanol–water partition coefficient (Wildman–Crippen LogP) is 3.35. The number of pyridine rings is 1. The largest absolute Gasteiger partial charge is 0.245 e. The number of hydrogen-bond acceptors (Lipinski definition) is 4. The van der Waals surface area contributed by atoms with Gasteiger partial charge in [-0.1, -0.05) is 13.8 Å². The van der Waals surface area contributed by atoms with Crippen molar-refractivity contribution in [3.63, 3.8) is 0 Å². The molecule has 1 spiro atoms. The third-order valence-corrected chi connectivity index (χ3v) is 9.83. The van der Waals surface area contributed by atoms with Gasteiger partial charge in [0.2, 0.25) is 10.0 Å². The summed E-state index contributed by atoms with van der Waals surface area (Å²) >= 11 is 0. The van der Waals surface area contributed by atoms with Gasteiger partial charge in [-0.3, -0.25) is 0 Å². The molecule has 0 amide bonds. The Hall–Kier alpha value is -1.47. The van der Waals surface area contributed by atoms with E-state index in [1.165, 1.54) is 6.42 Å². The van der Waals surface area contributed by atoms with Crippen LogP contribution in [0.15, 0.2) is 18.5 Å². The Morgan fingerprint density at radius 1 is 1.30 bits per heavy atom. The van der Waals surface area contributed by atoms with Crippen molar-refractivity contribution < 1.29 is 8.42 Å². The third-order valence-electron chi connectivity index (χ3n) is 7.85. The van der Waals surface area contributed by atoms with Crippen LogP contribution in [0.1, 0.15) is 58.6 Å². The molecule has 6 nitrogen and oxygen atoms in total. The molecule has 5 rings (SSSR count). The van der Waals surface area contributed by atoms with Gasteiger partial charge in [0.1, 0.15) is 0 Å². The molecular weight excluding hydrogens is 360 g/mol. The molecule has 2 aromatic rings. The predicted molar refractivity (Wildman–Crippen MR) is 105 cm³/mol. The molecule has 1 saturated heterocycles. The minimum absolute atomic E-state index is 0.0729. The summed E-state index contributed by atoms with van der Waals surface area (Å²) in [5, 5.41) is 5.39. The second-order valence-corrected chi connectivity index (χ2v) is 11.5. The molecule has 1 aliphatic heterocycles. The first-order valence-electron chi connectivity index (χ1n) is 9.97. The molecule has 2 aromatic heterocycles. The molecule has 146 valence electrons. The van der Waals surface area contributed by atoms with Crippen molar-refractivity contribution in [2.75, 3.05) is 5.75 Å². The fourth-order valence-electron chi connectivity index (χ4n) is 6.21. The summed E-state index contributed by atoms with van der Waals surface area (Å²) in [6.07, 6.45) is 6.87. The maximum atomic E-state index is 13.1. The maximum absolute atomic E-state index is 13.1. The highest BCUT2D eigenvalue weighted by molar-refractivity contribution is 7.89. The monoisotopic (exact) mass is 388 g/mol. The molecule has 27 heavy (non-hydrogen) atoms. The average molecular weight is 389 g/mol. The first kappa shape index (κ1) is 17.6. The van der Waals surface area contributed by atoms with Crippen LogP contribution in [0, 0.1) is 16.7 Å². The normalized spacial score (nSPS) is 34.0. The smallest absolute Gasteiger partial charge is 0.215 e. The van der Waals surface area contributed by atoms with Crippen molar-refractivity contribution in [2.24, 2.45) is 16.7 Å². The van der Waals surface area contributed by atoms with Gasteiger partial charge in [-0.05, 0) is 56.1 Å². The number of fused-ring (bicyclic) bond motifs is 2. The Kier molecular flexibility index (Phi) is 3.47. The summed E-state index contributed by atoms with van der Waals surface area (Å²) in [6, 6.07) is 2.44. The summed E-state index contributed by atoms with van der Waals surface area (Å²) < 4.78 is 29.9. The molecule has 3 aliphatic rings. The van der Waals surface area contributed by atoms with Gasteiger partial charge >= 0.3 is 0 Å². The van der Waals surface area contributed by atoms with Crippen LogP contribution in [0.4, 0.5) is 0 Å². The highest BCUT2D eigenvalue weighted by Crippen LogP contribution is 2.70.